The van der Waals surface area contributed by atoms with Gasteiger partial charge in [-0.15, -0.1) is 10.2 Å². The third kappa shape index (κ3) is 4.54. The molecule has 3 rings (SSSR count). The smallest absolute Gasteiger partial charge is 0.312 e. The van der Waals surface area contributed by atoms with Crippen molar-refractivity contribution < 1.29 is 14.8 Å². The molecule has 0 aliphatic rings. The maximum absolute atomic E-state index is 11.9. The van der Waals surface area contributed by atoms with Crippen molar-refractivity contribution in [1.82, 2.24) is 25.6 Å². The number of nitrogens with one attached hydrogen (secondary N) is 1. The molecule has 1 aromatic heterocycles. The minimum Gasteiger partial charge on any atom is -0.502 e. The summed E-state index contributed by atoms with van der Waals surface area (Å²) in [5.41, 5.74) is 2.57. The van der Waals surface area contributed by atoms with Gasteiger partial charge in [-0.2, -0.15) is 9.90 Å². The highest BCUT2D eigenvalue weighted by molar-refractivity contribution is 9.10. The van der Waals surface area contributed by atoms with Gasteiger partial charge in [0, 0.05) is 21.7 Å². The Labute approximate surface area is 166 Å². The van der Waals surface area contributed by atoms with E-state index in [1.807, 2.05) is 30.3 Å². The molecule has 0 radical (unpaired) electrons. The molecule has 0 unspecified atom stereocenters. The quantitative estimate of drug-likeness (QED) is 0.334. The number of carbonyl (C=O) groups excluding carboxylic acids is 1. The van der Waals surface area contributed by atoms with E-state index in [1.54, 1.807) is 0 Å². The van der Waals surface area contributed by atoms with Gasteiger partial charge < -0.3 is 5.11 Å². The Balaban J connectivity index is 1.64. The number of rotatable bonds is 6. The van der Waals surface area contributed by atoms with Crippen LogP contribution in [-0.4, -0.2) is 42.4 Å². The van der Waals surface area contributed by atoms with E-state index in [0.29, 0.717) is 10.3 Å². The van der Waals surface area contributed by atoms with Gasteiger partial charge in [-0.3, -0.25) is 14.9 Å². The third-order valence-electron chi connectivity index (χ3n) is 3.44. The summed E-state index contributed by atoms with van der Waals surface area (Å²) < 4.78 is 0.380. The highest BCUT2D eigenvalue weighted by atomic mass is 79.9. The highest BCUT2D eigenvalue weighted by Crippen LogP contribution is 2.32. The van der Waals surface area contributed by atoms with Gasteiger partial charge >= 0.3 is 5.69 Å². The molecule has 0 bridgehead atoms. The van der Waals surface area contributed by atoms with Gasteiger partial charge in [-0.25, -0.2) is 5.43 Å². The lowest BCUT2D eigenvalue weighted by Crippen LogP contribution is -2.24. The van der Waals surface area contributed by atoms with Crippen molar-refractivity contribution in [1.29, 1.82) is 0 Å². The predicted molar refractivity (Wildman–Crippen MR) is 101 cm³/mol. The zero-order valence-corrected chi connectivity index (χ0v) is 15.6. The fraction of sp³-hybridized carbons (Fsp3) is 0.0625. The number of carbonyl (C=O) groups is 1. The number of nitro benzene ring substituents is 1. The third-order valence-corrected chi connectivity index (χ3v) is 3.90. The number of tetrazole rings is 1. The Kier molecular flexibility index (Phi) is 5.69. The molecule has 1 heterocycles. The zero-order chi connectivity index (χ0) is 20.1. The van der Waals surface area contributed by atoms with Gasteiger partial charge in [0.25, 0.3) is 5.91 Å². The number of hydrogen-bond acceptors (Lipinski definition) is 8. The molecule has 0 saturated heterocycles. The number of nitrogens with zero attached hydrogens (tertiary/aromatic N) is 6. The molecule has 11 nitrogen and oxygen atoms in total. The molecule has 12 heteroatoms. The number of nitro groups is 1. The van der Waals surface area contributed by atoms with Gasteiger partial charge in [0.05, 0.1) is 11.1 Å². The SMILES string of the molecule is O=C(Cn1nnc(-c2ccccc2)n1)NN=Cc1cc(Br)cc([N+](=O)[O-])c1O. The Morgan fingerprint density at radius 1 is 1.36 bits per heavy atom. The number of aromatic hydroxyl groups is 1. The Bertz CT molecular complexity index is 1050. The molecule has 1 amide bonds. The Morgan fingerprint density at radius 3 is 2.82 bits per heavy atom. The molecular formula is C16H12BrN7O4. The van der Waals surface area contributed by atoms with Crippen molar-refractivity contribution >= 4 is 33.7 Å². The van der Waals surface area contributed by atoms with Crippen LogP contribution in [0.2, 0.25) is 0 Å². The van der Waals surface area contributed by atoms with Crippen molar-refractivity contribution in [2.45, 2.75) is 6.54 Å². The largest absolute Gasteiger partial charge is 0.502 e. The molecule has 28 heavy (non-hydrogen) atoms. The van der Waals surface area contributed by atoms with E-state index in [1.165, 1.54) is 6.07 Å². The number of halogens is 1. The number of hydrogen-bond donors (Lipinski definition) is 2. The normalized spacial score (nSPS) is 10.9. The molecule has 0 aliphatic heterocycles. The number of aromatic nitrogens is 4. The molecule has 0 saturated carbocycles. The van der Waals surface area contributed by atoms with E-state index in [2.05, 4.69) is 41.9 Å². The predicted octanol–water partition coefficient (Wildman–Crippen LogP) is 1.87. The first-order valence-electron chi connectivity index (χ1n) is 7.76. The number of amides is 1. The monoisotopic (exact) mass is 445 g/mol. The van der Waals surface area contributed by atoms with Crippen LogP contribution >= 0.6 is 15.9 Å². The summed E-state index contributed by atoms with van der Waals surface area (Å²) in [7, 11) is 0. The van der Waals surface area contributed by atoms with Crippen molar-refractivity contribution in [2.24, 2.45) is 5.10 Å². The number of phenolic OH excluding ortho intramolecular Hbond substituents is 1. The van der Waals surface area contributed by atoms with Crippen molar-refractivity contribution in [3.8, 4) is 17.1 Å². The van der Waals surface area contributed by atoms with Crippen LogP contribution in [0.4, 0.5) is 5.69 Å². The van der Waals surface area contributed by atoms with Crippen LogP contribution < -0.4 is 5.43 Å². The van der Waals surface area contributed by atoms with E-state index in [9.17, 15) is 20.0 Å². The summed E-state index contributed by atoms with van der Waals surface area (Å²) in [5, 5.41) is 36.3. The van der Waals surface area contributed by atoms with Crippen LogP contribution in [0.25, 0.3) is 11.4 Å². The van der Waals surface area contributed by atoms with E-state index in [0.717, 1.165) is 22.6 Å². The molecule has 142 valence electrons. The summed E-state index contributed by atoms with van der Waals surface area (Å²) in [6, 6.07) is 11.7. The zero-order valence-electron chi connectivity index (χ0n) is 14.1. The highest BCUT2D eigenvalue weighted by Gasteiger charge is 2.17. The molecule has 3 aromatic rings. The lowest BCUT2D eigenvalue weighted by molar-refractivity contribution is -0.385. The van der Waals surface area contributed by atoms with E-state index in [-0.39, 0.29) is 12.1 Å². The van der Waals surface area contributed by atoms with E-state index >= 15 is 0 Å². The Hall–Kier alpha value is -3.67. The van der Waals surface area contributed by atoms with Crippen molar-refractivity contribution in [3.63, 3.8) is 0 Å². The molecule has 0 aliphatic carbocycles. The minimum absolute atomic E-state index is 0.0617. The van der Waals surface area contributed by atoms with Gasteiger partial charge in [0.15, 0.2) is 0 Å². The summed E-state index contributed by atoms with van der Waals surface area (Å²) in [6.07, 6.45) is 1.09. The number of phenols is 1. The molecule has 2 aromatic carbocycles. The maximum Gasteiger partial charge on any atom is 0.312 e. The summed E-state index contributed by atoms with van der Waals surface area (Å²) in [4.78, 5) is 23.2. The first kappa shape index (κ1) is 19.1. The molecule has 0 spiro atoms. The van der Waals surface area contributed by atoms with Crippen LogP contribution in [0.5, 0.6) is 5.75 Å². The first-order chi connectivity index (χ1) is 13.4. The standard InChI is InChI=1S/C16H12BrN7O4/c17-12-6-11(15(26)13(7-12)24(27)28)8-18-19-14(25)9-23-21-16(20-22-23)10-4-2-1-3-5-10/h1-8,26H,9H2,(H,19,25). The maximum atomic E-state index is 11.9. The van der Waals surface area contributed by atoms with Crippen molar-refractivity contribution in [3.05, 3.63) is 62.6 Å². The summed E-state index contributed by atoms with van der Waals surface area (Å²) in [6.45, 7) is -0.234. The fourth-order valence-corrected chi connectivity index (χ4v) is 2.66. The molecule has 0 atom stereocenters. The second-order valence-electron chi connectivity index (χ2n) is 5.42. The number of benzene rings is 2. The van der Waals surface area contributed by atoms with Crippen LogP contribution in [0.3, 0.4) is 0 Å². The van der Waals surface area contributed by atoms with E-state index in [4.69, 9.17) is 0 Å². The van der Waals surface area contributed by atoms with Gasteiger partial charge in [0.1, 0.15) is 6.54 Å². The first-order valence-corrected chi connectivity index (χ1v) is 8.55. The lowest BCUT2D eigenvalue weighted by atomic mass is 10.2. The Morgan fingerprint density at radius 2 is 2.11 bits per heavy atom. The van der Waals surface area contributed by atoms with Crippen molar-refractivity contribution in [2.75, 3.05) is 0 Å². The summed E-state index contributed by atoms with van der Waals surface area (Å²) >= 11 is 3.11. The average molecular weight is 446 g/mol. The molecular weight excluding hydrogens is 434 g/mol. The average Bonchev–Trinajstić information content (AvgIpc) is 3.13. The molecule has 0 fully saturated rings. The van der Waals surface area contributed by atoms with Crippen LogP contribution in [0.1, 0.15) is 5.56 Å². The lowest BCUT2D eigenvalue weighted by Gasteiger charge is -2.02. The second-order valence-corrected chi connectivity index (χ2v) is 6.34. The van der Waals surface area contributed by atoms with E-state index < -0.39 is 22.3 Å². The van der Waals surface area contributed by atoms with Crippen LogP contribution in [-0.2, 0) is 11.3 Å². The second kappa shape index (κ2) is 8.35. The van der Waals surface area contributed by atoms with Crippen LogP contribution in [0.15, 0.2) is 52.0 Å². The van der Waals surface area contributed by atoms with Gasteiger partial charge in [-0.1, -0.05) is 46.3 Å². The number of hydrazone groups is 1. The fourth-order valence-electron chi connectivity index (χ4n) is 2.19. The minimum atomic E-state index is -0.725. The van der Waals surface area contributed by atoms with Gasteiger partial charge in [-0.05, 0) is 11.3 Å². The topological polar surface area (TPSA) is 148 Å². The molecule has 2 N–H and O–H groups in total. The summed E-state index contributed by atoms with van der Waals surface area (Å²) in [5.74, 6) is -0.725. The van der Waals surface area contributed by atoms with Crippen LogP contribution in [0, 0.1) is 10.1 Å². The van der Waals surface area contributed by atoms with Gasteiger partial charge in [0.2, 0.25) is 11.6 Å².